The largest absolute Gasteiger partial charge is 0.0955 e. The molecular formula is C18H18. The smallest absolute Gasteiger partial charge is 0.0109 e. The monoisotopic (exact) mass is 234 g/mol. The summed E-state index contributed by atoms with van der Waals surface area (Å²) in [6.07, 6.45) is 0. The summed E-state index contributed by atoms with van der Waals surface area (Å²) in [6.45, 7) is 12.4. The second-order valence-corrected chi connectivity index (χ2v) is 4.62. The topological polar surface area (TPSA) is 0 Å². The minimum atomic E-state index is 1.06. The van der Waals surface area contributed by atoms with E-state index >= 15 is 0 Å². The van der Waals surface area contributed by atoms with Gasteiger partial charge in [0.15, 0.2) is 0 Å². The minimum absolute atomic E-state index is 1.06. The summed E-state index contributed by atoms with van der Waals surface area (Å²) in [5.41, 5.74) is 6.92. The van der Waals surface area contributed by atoms with E-state index in [1.165, 1.54) is 22.3 Å². The SMILES string of the molecule is C=C(C)c1ccccc1C(=C)c1ccccc1C. The van der Waals surface area contributed by atoms with Gasteiger partial charge in [-0.3, -0.25) is 0 Å². The van der Waals surface area contributed by atoms with Crippen LogP contribution in [0.4, 0.5) is 0 Å². The molecular weight excluding hydrogens is 216 g/mol. The van der Waals surface area contributed by atoms with Gasteiger partial charge in [-0.15, -0.1) is 0 Å². The summed E-state index contributed by atoms with van der Waals surface area (Å²) in [5, 5.41) is 0. The van der Waals surface area contributed by atoms with Crippen LogP contribution < -0.4 is 0 Å². The third-order valence-electron chi connectivity index (χ3n) is 3.18. The average molecular weight is 234 g/mol. The van der Waals surface area contributed by atoms with E-state index in [9.17, 15) is 0 Å². The van der Waals surface area contributed by atoms with Crippen molar-refractivity contribution < 1.29 is 0 Å². The quantitative estimate of drug-likeness (QED) is 0.694. The highest BCUT2D eigenvalue weighted by Gasteiger charge is 2.09. The summed E-state index contributed by atoms with van der Waals surface area (Å²) in [4.78, 5) is 0. The lowest BCUT2D eigenvalue weighted by atomic mass is 9.90. The van der Waals surface area contributed by atoms with Gasteiger partial charge in [0, 0.05) is 0 Å². The first-order valence-electron chi connectivity index (χ1n) is 6.11. The predicted molar refractivity (Wildman–Crippen MR) is 80.5 cm³/mol. The van der Waals surface area contributed by atoms with Crippen LogP contribution in [0.2, 0.25) is 0 Å². The van der Waals surface area contributed by atoms with Crippen LogP contribution in [0.15, 0.2) is 61.7 Å². The lowest BCUT2D eigenvalue weighted by molar-refractivity contribution is 1.41. The first-order chi connectivity index (χ1) is 8.61. The van der Waals surface area contributed by atoms with Gasteiger partial charge in [-0.25, -0.2) is 0 Å². The summed E-state index contributed by atoms with van der Waals surface area (Å²) >= 11 is 0. The minimum Gasteiger partial charge on any atom is -0.0955 e. The fraction of sp³-hybridized carbons (Fsp3) is 0.111. The summed E-state index contributed by atoms with van der Waals surface area (Å²) < 4.78 is 0. The van der Waals surface area contributed by atoms with E-state index in [1.807, 2.05) is 19.1 Å². The van der Waals surface area contributed by atoms with Crippen LogP contribution in [0.25, 0.3) is 11.1 Å². The van der Waals surface area contributed by atoms with Gasteiger partial charge < -0.3 is 0 Å². The Hall–Kier alpha value is -2.08. The molecule has 0 heterocycles. The van der Waals surface area contributed by atoms with E-state index in [0.717, 1.165) is 11.1 Å². The second-order valence-electron chi connectivity index (χ2n) is 4.62. The van der Waals surface area contributed by atoms with Crippen molar-refractivity contribution in [3.8, 4) is 0 Å². The lowest BCUT2D eigenvalue weighted by Crippen LogP contribution is -1.94. The molecule has 2 aromatic rings. The molecule has 0 amide bonds. The molecule has 0 aromatic heterocycles. The Balaban J connectivity index is 2.54. The third-order valence-corrected chi connectivity index (χ3v) is 3.18. The van der Waals surface area contributed by atoms with Crippen LogP contribution in [-0.4, -0.2) is 0 Å². The number of aryl methyl sites for hydroxylation is 1. The number of allylic oxidation sites excluding steroid dienone is 1. The van der Waals surface area contributed by atoms with Gasteiger partial charge in [0.05, 0.1) is 0 Å². The third kappa shape index (κ3) is 2.28. The van der Waals surface area contributed by atoms with Gasteiger partial charge in [0.1, 0.15) is 0 Å². The Morgan fingerprint density at radius 1 is 0.778 bits per heavy atom. The molecule has 0 N–H and O–H groups in total. The van der Waals surface area contributed by atoms with Gasteiger partial charge in [-0.1, -0.05) is 67.3 Å². The van der Waals surface area contributed by atoms with E-state index < -0.39 is 0 Å². The number of benzene rings is 2. The second kappa shape index (κ2) is 5.05. The molecule has 0 heteroatoms. The fourth-order valence-electron chi connectivity index (χ4n) is 2.18. The van der Waals surface area contributed by atoms with Gasteiger partial charge in [0.25, 0.3) is 0 Å². The molecule has 0 fully saturated rings. The molecule has 0 aliphatic rings. The highest BCUT2D eigenvalue weighted by atomic mass is 14.1. The Labute approximate surface area is 109 Å². The van der Waals surface area contributed by atoms with Gasteiger partial charge in [0.2, 0.25) is 0 Å². The number of hydrogen-bond donors (Lipinski definition) is 0. The Bertz CT molecular complexity index is 603. The molecule has 0 unspecified atom stereocenters. The van der Waals surface area contributed by atoms with Crippen LogP contribution in [-0.2, 0) is 0 Å². The highest BCUT2D eigenvalue weighted by Crippen LogP contribution is 2.29. The number of hydrogen-bond acceptors (Lipinski definition) is 0. The zero-order chi connectivity index (χ0) is 13.1. The first kappa shape index (κ1) is 12.4. The van der Waals surface area contributed by atoms with Crippen molar-refractivity contribution in [1.29, 1.82) is 0 Å². The van der Waals surface area contributed by atoms with Gasteiger partial charge in [-0.05, 0) is 41.7 Å². The van der Waals surface area contributed by atoms with Gasteiger partial charge >= 0.3 is 0 Å². The van der Waals surface area contributed by atoms with Crippen molar-refractivity contribution in [3.63, 3.8) is 0 Å². The van der Waals surface area contributed by atoms with Crippen molar-refractivity contribution in [2.75, 3.05) is 0 Å². The van der Waals surface area contributed by atoms with E-state index in [4.69, 9.17) is 0 Å². The van der Waals surface area contributed by atoms with Crippen LogP contribution in [0, 0.1) is 6.92 Å². The van der Waals surface area contributed by atoms with Crippen molar-refractivity contribution in [2.24, 2.45) is 0 Å². The normalized spacial score (nSPS) is 10.1. The Kier molecular flexibility index (Phi) is 3.47. The van der Waals surface area contributed by atoms with E-state index in [1.54, 1.807) is 0 Å². The molecule has 0 bridgehead atoms. The van der Waals surface area contributed by atoms with E-state index in [2.05, 4.69) is 56.5 Å². The van der Waals surface area contributed by atoms with E-state index in [0.29, 0.717) is 0 Å². The maximum absolute atomic E-state index is 4.26. The molecule has 18 heavy (non-hydrogen) atoms. The molecule has 0 atom stereocenters. The zero-order valence-corrected chi connectivity index (χ0v) is 11.0. The summed E-state index contributed by atoms with van der Waals surface area (Å²) in [5.74, 6) is 0. The van der Waals surface area contributed by atoms with Crippen LogP contribution in [0.5, 0.6) is 0 Å². The number of rotatable bonds is 3. The lowest BCUT2D eigenvalue weighted by Gasteiger charge is -2.14. The Morgan fingerprint density at radius 3 is 1.83 bits per heavy atom. The van der Waals surface area contributed by atoms with Crippen LogP contribution in [0.3, 0.4) is 0 Å². The van der Waals surface area contributed by atoms with Crippen molar-refractivity contribution in [3.05, 3.63) is 83.9 Å². The molecule has 0 aliphatic heterocycles. The average Bonchev–Trinajstić information content (AvgIpc) is 2.38. The molecule has 0 aliphatic carbocycles. The fourth-order valence-corrected chi connectivity index (χ4v) is 2.18. The maximum atomic E-state index is 4.26. The molecule has 0 nitrogen and oxygen atoms in total. The maximum Gasteiger partial charge on any atom is -0.0109 e. The zero-order valence-electron chi connectivity index (χ0n) is 11.0. The van der Waals surface area contributed by atoms with Crippen molar-refractivity contribution in [2.45, 2.75) is 13.8 Å². The molecule has 90 valence electrons. The van der Waals surface area contributed by atoms with Crippen molar-refractivity contribution >= 4 is 11.1 Å². The summed E-state index contributed by atoms with van der Waals surface area (Å²) in [6, 6.07) is 16.6. The molecule has 0 spiro atoms. The highest BCUT2D eigenvalue weighted by molar-refractivity contribution is 5.86. The molecule has 0 saturated heterocycles. The molecule has 2 aromatic carbocycles. The first-order valence-corrected chi connectivity index (χ1v) is 6.11. The Morgan fingerprint density at radius 2 is 1.28 bits per heavy atom. The van der Waals surface area contributed by atoms with Crippen LogP contribution >= 0.6 is 0 Å². The van der Waals surface area contributed by atoms with Gasteiger partial charge in [-0.2, -0.15) is 0 Å². The molecule has 2 rings (SSSR count). The van der Waals surface area contributed by atoms with Crippen LogP contribution in [0.1, 0.15) is 29.2 Å². The van der Waals surface area contributed by atoms with E-state index in [-0.39, 0.29) is 0 Å². The van der Waals surface area contributed by atoms with Crippen molar-refractivity contribution in [1.82, 2.24) is 0 Å². The predicted octanol–water partition coefficient (Wildman–Crippen LogP) is 5.09. The molecule has 0 radical (unpaired) electrons. The standard InChI is InChI=1S/C18H18/c1-13(2)16-10-7-8-12-18(16)15(4)17-11-6-5-9-14(17)3/h5-12H,1,4H2,2-3H3. The molecule has 0 saturated carbocycles. The summed E-state index contributed by atoms with van der Waals surface area (Å²) in [7, 11) is 0.